The molecular formula is C82H72B3ClN2O6S2. The number of hydrogen-bond acceptors (Lipinski definition) is 10. The van der Waals surface area contributed by atoms with E-state index >= 15 is 0 Å². The second-order valence-corrected chi connectivity index (χ2v) is 31.5. The number of rotatable bonds is 4. The van der Waals surface area contributed by atoms with Crippen molar-refractivity contribution in [1.82, 2.24) is 0 Å². The van der Waals surface area contributed by atoms with Gasteiger partial charge in [-0.1, -0.05) is 181 Å². The van der Waals surface area contributed by atoms with Crippen LogP contribution < -0.4 is 5.46 Å². The molecule has 17 rings (SSSR count). The van der Waals surface area contributed by atoms with E-state index in [4.69, 9.17) is 39.5 Å². The number of nitrogens with zero attached hydrogens (tertiary/aromatic N) is 2. The van der Waals surface area contributed by atoms with Crippen molar-refractivity contribution in [3.05, 3.63) is 279 Å². The Bertz CT molecular complexity index is 4760. The predicted molar refractivity (Wildman–Crippen MR) is 389 cm³/mol. The summed E-state index contributed by atoms with van der Waals surface area (Å²) in [7, 11) is -1.40. The SMILES string of the molecule is CC1(C)OB(B2OC(C)(C)C(C)(C)O2)OC1(C)C.CC1(C)OB(c2ccc3c(c2)-c2cc(-c4cccc(C#N)c4)ccc2C32c3ccccc3Sc3ccccc32)OC1(C)C.N#Cc1cccc(-c2ccc3c(c2)-c2cc(Cl)ccc2C32c3ccccc3Sc3ccccc32)c1. The zero-order chi connectivity index (χ0) is 67.1. The van der Waals surface area contributed by atoms with E-state index in [1.807, 2.05) is 121 Å². The topological polar surface area (TPSA) is 103 Å². The minimum atomic E-state index is -0.476. The van der Waals surface area contributed by atoms with E-state index in [9.17, 15) is 10.5 Å². The smallest absolute Gasteiger partial charge is 0.405 e. The Morgan fingerprint density at radius 2 is 0.625 bits per heavy atom. The van der Waals surface area contributed by atoms with E-state index < -0.39 is 43.2 Å². The van der Waals surface area contributed by atoms with Crippen molar-refractivity contribution in [1.29, 1.82) is 10.5 Å². The number of nitriles is 2. The van der Waals surface area contributed by atoms with Gasteiger partial charge in [0.05, 0.1) is 67.7 Å². The van der Waals surface area contributed by atoms with Gasteiger partial charge in [-0.15, -0.1) is 0 Å². The Hall–Kier alpha value is -7.88. The van der Waals surface area contributed by atoms with Crippen LogP contribution in [0.2, 0.25) is 5.02 Å². The maximum absolute atomic E-state index is 9.58. The highest BCUT2D eigenvalue weighted by molar-refractivity contribution is 7.99. The molecule has 2 spiro atoms. The molecule has 10 aromatic carbocycles. The molecule has 96 heavy (non-hydrogen) atoms. The summed E-state index contributed by atoms with van der Waals surface area (Å²) < 4.78 is 36.9. The molecule has 0 aromatic heterocycles. The standard InChI is InChI=1S/C38H30BNO2S.C32H18ClNS.C12H24B2O4/c1-36(2)37(3,4)42-39(41-36)27-17-19-31-29(22-27)28-21-26(25-11-9-10-24(20-25)23-40)16-18-30(28)38(31)32-12-5-7-14-34(32)43-35-15-8-6-13-33(35)38;33-23-13-15-27-25(18-23)24-17-22(21-7-5-6-20(16-21)19-34)12-14-26(24)32(27)28-8-1-3-10-30(28)35-31-11-4-2-9-29(31)32;1-9(2)10(3,4)16-13(15-9)14-17-11(5,6)12(7,8)18-14/h5-22H,1-4H3;1-18H;1-8H3. The monoisotopic (exact) mass is 1310 g/mol. The number of halogens is 1. The van der Waals surface area contributed by atoms with Gasteiger partial charge in [-0.05, 0) is 250 Å². The van der Waals surface area contributed by atoms with E-state index in [-0.39, 0.29) is 22.4 Å². The maximum Gasteiger partial charge on any atom is 0.494 e. The van der Waals surface area contributed by atoms with Gasteiger partial charge in [-0.2, -0.15) is 10.5 Å². The van der Waals surface area contributed by atoms with Crippen molar-refractivity contribution < 1.29 is 27.9 Å². The first kappa shape index (κ1) is 64.1. The molecule has 0 amide bonds. The van der Waals surface area contributed by atoms with Gasteiger partial charge in [0, 0.05) is 24.6 Å². The van der Waals surface area contributed by atoms with E-state index in [2.05, 4.69) is 216 Å². The summed E-state index contributed by atoms with van der Waals surface area (Å²) in [6.07, 6.45) is 0. The fourth-order valence-corrected chi connectivity index (χ4v) is 17.4. The fraction of sp³-hybridized carbons (Fsp3) is 0.244. The van der Waals surface area contributed by atoms with Crippen molar-refractivity contribution in [3.63, 3.8) is 0 Å². The lowest BCUT2D eigenvalue weighted by Crippen LogP contribution is -2.41. The summed E-state index contributed by atoms with van der Waals surface area (Å²) in [5, 5.41) is 19.7. The second-order valence-electron chi connectivity index (χ2n) is 28.9. The number of hydrogen-bond donors (Lipinski definition) is 0. The lowest BCUT2D eigenvalue weighted by molar-refractivity contribution is 0.00578. The Morgan fingerprint density at radius 1 is 0.312 bits per heavy atom. The normalized spacial score (nSPS) is 19.1. The molecule has 0 unspecified atom stereocenters. The summed E-state index contributed by atoms with van der Waals surface area (Å²) in [4.78, 5) is 5.12. The molecule has 0 bridgehead atoms. The van der Waals surface area contributed by atoms with Crippen LogP contribution in [0.4, 0.5) is 0 Å². The Balaban J connectivity index is 0.000000128. The van der Waals surface area contributed by atoms with Crippen LogP contribution in [-0.4, -0.2) is 54.7 Å². The Morgan fingerprint density at radius 3 is 1.00 bits per heavy atom. The lowest BCUT2D eigenvalue weighted by atomic mass is 9.49. The molecule has 0 N–H and O–H groups in total. The highest BCUT2D eigenvalue weighted by atomic mass is 35.5. The molecule has 2 aliphatic carbocycles. The van der Waals surface area contributed by atoms with E-state index in [0.29, 0.717) is 11.1 Å². The van der Waals surface area contributed by atoms with Crippen LogP contribution in [0.3, 0.4) is 0 Å². The van der Waals surface area contributed by atoms with Gasteiger partial charge < -0.3 is 27.9 Å². The summed E-state index contributed by atoms with van der Waals surface area (Å²) in [6.45, 7) is 24.6. The van der Waals surface area contributed by atoms with Gasteiger partial charge in [0.2, 0.25) is 0 Å². The molecule has 14 heteroatoms. The molecule has 0 atom stereocenters. The minimum Gasteiger partial charge on any atom is -0.405 e. The zero-order valence-electron chi connectivity index (χ0n) is 56.1. The Kier molecular flexibility index (Phi) is 15.5. The Labute approximate surface area is 579 Å². The van der Waals surface area contributed by atoms with Gasteiger partial charge in [0.15, 0.2) is 0 Å². The van der Waals surface area contributed by atoms with Crippen molar-refractivity contribution in [2.24, 2.45) is 0 Å². The first-order valence-electron chi connectivity index (χ1n) is 32.9. The third-order valence-corrected chi connectivity index (χ3v) is 24.3. The molecule has 0 saturated carbocycles. The van der Waals surface area contributed by atoms with Crippen LogP contribution in [0.25, 0.3) is 44.5 Å². The van der Waals surface area contributed by atoms with Crippen LogP contribution in [0.1, 0.15) is 139 Å². The zero-order valence-corrected chi connectivity index (χ0v) is 58.4. The second kappa shape index (κ2) is 23.1. The summed E-state index contributed by atoms with van der Waals surface area (Å²) in [5.41, 5.74) is 18.5. The van der Waals surface area contributed by atoms with Gasteiger partial charge in [-0.3, -0.25) is 0 Å². The average molecular weight is 1310 g/mol. The van der Waals surface area contributed by atoms with Gasteiger partial charge in [-0.25, -0.2) is 0 Å². The van der Waals surface area contributed by atoms with Gasteiger partial charge >= 0.3 is 21.1 Å². The van der Waals surface area contributed by atoms with E-state index in [1.165, 1.54) is 86.3 Å². The first-order valence-corrected chi connectivity index (χ1v) is 34.9. The van der Waals surface area contributed by atoms with E-state index in [0.717, 1.165) is 32.7 Å². The van der Waals surface area contributed by atoms with Crippen LogP contribution in [0.5, 0.6) is 0 Å². The highest BCUT2D eigenvalue weighted by Gasteiger charge is 2.64. The third kappa shape index (κ3) is 10.1. The highest BCUT2D eigenvalue weighted by Crippen LogP contribution is 2.65. The van der Waals surface area contributed by atoms with Crippen LogP contribution >= 0.6 is 35.1 Å². The van der Waals surface area contributed by atoms with Gasteiger partial charge in [0.1, 0.15) is 0 Å². The molecule has 5 aliphatic heterocycles. The molecule has 474 valence electrons. The molecule has 10 aromatic rings. The summed E-state index contributed by atoms with van der Waals surface area (Å²) in [6, 6.07) is 82.1. The average Bonchev–Trinajstić information content (AvgIpc) is 1.49. The minimum absolute atomic E-state index is 0.360. The number of fused-ring (bicyclic) bond motifs is 18. The lowest BCUT2D eigenvalue weighted by Gasteiger charge is -2.39. The van der Waals surface area contributed by atoms with Crippen molar-refractivity contribution in [2.75, 3.05) is 0 Å². The largest absolute Gasteiger partial charge is 0.494 e. The molecular weight excluding hydrogens is 1240 g/mol. The van der Waals surface area contributed by atoms with Crippen molar-refractivity contribution in [2.45, 2.75) is 147 Å². The van der Waals surface area contributed by atoms with E-state index in [1.54, 1.807) is 0 Å². The maximum atomic E-state index is 9.58. The summed E-state index contributed by atoms with van der Waals surface area (Å²) in [5.74, 6) is 0. The number of benzene rings is 10. The first-order chi connectivity index (χ1) is 45.8. The molecule has 0 radical (unpaired) electrons. The van der Waals surface area contributed by atoms with Crippen molar-refractivity contribution >= 4 is 61.7 Å². The third-order valence-electron chi connectivity index (χ3n) is 21.8. The molecule has 8 nitrogen and oxygen atoms in total. The molecule has 7 aliphatic rings. The van der Waals surface area contributed by atoms with Crippen molar-refractivity contribution in [3.8, 4) is 56.6 Å². The van der Waals surface area contributed by atoms with Crippen LogP contribution in [0, 0.1) is 22.7 Å². The molecule has 3 saturated heterocycles. The molecule has 5 heterocycles. The fourth-order valence-electron chi connectivity index (χ4n) is 14.8. The van der Waals surface area contributed by atoms with Gasteiger partial charge in [0.25, 0.3) is 0 Å². The quantitative estimate of drug-likeness (QED) is 0.158. The molecule has 3 fully saturated rings. The van der Waals surface area contributed by atoms with Crippen LogP contribution in [-0.2, 0) is 38.8 Å². The van der Waals surface area contributed by atoms with Crippen LogP contribution in [0.15, 0.2) is 238 Å². The predicted octanol–water partition coefficient (Wildman–Crippen LogP) is 19.3. The summed E-state index contributed by atoms with van der Waals surface area (Å²) >= 11 is 10.3.